The molecule has 0 radical (unpaired) electrons. The molecule has 0 spiro atoms. The van der Waals surface area contributed by atoms with Gasteiger partial charge in [0.1, 0.15) is 17.6 Å². The van der Waals surface area contributed by atoms with Crippen LogP contribution >= 0.6 is 11.6 Å². The number of fused-ring (bicyclic) bond motifs is 1. The first-order chi connectivity index (χ1) is 16.0. The minimum atomic E-state index is -0.209. The smallest absolute Gasteiger partial charge is 0.150 e. The van der Waals surface area contributed by atoms with Crippen LogP contribution in [0.4, 0.5) is 0 Å². The van der Waals surface area contributed by atoms with Gasteiger partial charge in [0, 0.05) is 28.1 Å². The van der Waals surface area contributed by atoms with E-state index < -0.39 is 0 Å². The average molecular weight is 478 g/mol. The highest BCUT2D eigenvalue weighted by Crippen LogP contribution is 2.43. The summed E-state index contributed by atoms with van der Waals surface area (Å²) in [6.45, 7) is 11.1. The van der Waals surface area contributed by atoms with Crippen LogP contribution in [-0.2, 0) is 11.8 Å². The summed E-state index contributed by atoms with van der Waals surface area (Å²) in [6.07, 6.45) is 8.07. The zero-order chi connectivity index (χ0) is 24.7. The standard InChI is InChI=1S/C30H36ClNO2/c1-20(22-9-7-8-21(16-22)19-33)32(6)27-12-11-25(31)18-26(27)30(4,5)24-10-13-28-23(17-24)14-15-29(2,3)34-28/h7-11,13,16-20,27H,12,14-15H2,1-6H3. The fourth-order valence-electron chi connectivity index (χ4n) is 5.25. The summed E-state index contributed by atoms with van der Waals surface area (Å²) in [6, 6.07) is 14.9. The van der Waals surface area contributed by atoms with Gasteiger partial charge in [-0.3, -0.25) is 9.69 Å². The molecule has 2 atom stereocenters. The minimum absolute atomic E-state index is 0.112. The van der Waals surface area contributed by atoms with Gasteiger partial charge in [-0.15, -0.1) is 0 Å². The first kappa shape index (κ1) is 24.8. The Balaban J connectivity index is 1.66. The topological polar surface area (TPSA) is 29.5 Å². The molecule has 0 saturated heterocycles. The molecule has 0 fully saturated rings. The molecule has 2 aliphatic rings. The predicted octanol–water partition coefficient (Wildman–Crippen LogP) is 7.39. The number of benzene rings is 2. The van der Waals surface area contributed by atoms with E-state index in [2.05, 4.69) is 83.0 Å². The zero-order valence-corrected chi connectivity index (χ0v) is 21.9. The molecule has 1 heterocycles. The molecule has 4 rings (SSSR count). The van der Waals surface area contributed by atoms with Crippen molar-refractivity contribution in [3.8, 4) is 5.75 Å². The number of aryl methyl sites for hydroxylation is 1. The fourth-order valence-corrected chi connectivity index (χ4v) is 5.46. The van der Waals surface area contributed by atoms with Gasteiger partial charge in [0.05, 0.1) is 0 Å². The second-order valence-corrected chi connectivity index (χ2v) is 11.3. The van der Waals surface area contributed by atoms with Crippen molar-refractivity contribution in [2.45, 2.75) is 77.0 Å². The third kappa shape index (κ3) is 4.87. The second kappa shape index (κ2) is 9.36. The van der Waals surface area contributed by atoms with Gasteiger partial charge in [0.15, 0.2) is 0 Å². The van der Waals surface area contributed by atoms with Crippen LogP contribution in [0.2, 0.25) is 0 Å². The maximum Gasteiger partial charge on any atom is 0.150 e. The highest BCUT2D eigenvalue weighted by Gasteiger charge is 2.37. The van der Waals surface area contributed by atoms with E-state index >= 15 is 0 Å². The summed E-state index contributed by atoms with van der Waals surface area (Å²) in [5, 5.41) is 0.798. The monoisotopic (exact) mass is 477 g/mol. The third-order valence-electron chi connectivity index (χ3n) is 7.71. The van der Waals surface area contributed by atoms with Crippen LogP contribution in [0.15, 0.2) is 65.2 Å². The lowest BCUT2D eigenvalue weighted by atomic mass is 9.71. The first-order valence-electron chi connectivity index (χ1n) is 12.2. The molecule has 2 aromatic rings. The number of halogens is 1. The number of hydrogen-bond donors (Lipinski definition) is 0. The normalized spacial score (nSPS) is 20.6. The quantitative estimate of drug-likeness (QED) is 0.406. The fraction of sp³-hybridized carbons (Fsp3) is 0.433. The molecule has 0 aromatic heterocycles. The number of carbonyl (C=O) groups excluding carboxylic acids is 1. The highest BCUT2D eigenvalue weighted by atomic mass is 35.5. The predicted molar refractivity (Wildman–Crippen MR) is 141 cm³/mol. The number of carbonyl (C=O) groups is 1. The van der Waals surface area contributed by atoms with Crippen molar-refractivity contribution in [3.05, 3.63) is 87.5 Å². The Hall–Kier alpha value is -2.36. The second-order valence-electron chi connectivity index (χ2n) is 10.9. The van der Waals surface area contributed by atoms with Gasteiger partial charge in [-0.2, -0.15) is 0 Å². The van der Waals surface area contributed by atoms with E-state index in [9.17, 15) is 4.79 Å². The van der Waals surface area contributed by atoms with Crippen molar-refractivity contribution in [1.82, 2.24) is 4.90 Å². The summed E-state index contributed by atoms with van der Waals surface area (Å²) < 4.78 is 6.23. The van der Waals surface area contributed by atoms with Crippen LogP contribution in [0.5, 0.6) is 5.75 Å². The molecular formula is C30H36ClNO2. The van der Waals surface area contributed by atoms with Crippen LogP contribution in [0, 0.1) is 0 Å². The number of nitrogens with zero attached hydrogens (tertiary/aromatic N) is 1. The number of allylic oxidation sites excluding steroid dienone is 2. The Labute approximate surface area is 209 Å². The van der Waals surface area contributed by atoms with E-state index in [1.54, 1.807) is 0 Å². The van der Waals surface area contributed by atoms with Crippen LogP contribution in [-0.4, -0.2) is 29.9 Å². The lowest BCUT2D eigenvalue weighted by Crippen LogP contribution is -2.42. The van der Waals surface area contributed by atoms with Crippen molar-refractivity contribution in [2.75, 3.05) is 7.05 Å². The molecular weight excluding hydrogens is 442 g/mol. The lowest BCUT2D eigenvalue weighted by molar-refractivity contribution is 0.0846. The van der Waals surface area contributed by atoms with Crippen molar-refractivity contribution in [1.29, 1.82) is 0 Å². The van der Waals surface area contributed by atoms with Crippen molar-refractivity contribution in [3.63, 3.8) is 0 Å². The van der Waals surface area contributed by atoms with Gasteiger partial charge in [0.2, 0.25) is 0 Å². The Morgan fingerprint density at radius 2 is 1.97 bits per heavy atom. The van der Waals surface area contributed by atoms with E-state index in [-0.39, 0.29) is 23.1 Å². The summed E-state index contributed by atoms with van der Waals surface area (Å²) in [7, 11) is 2.17. The number of rotatable bonds is 6. The van der Waals surface area contributed by atoms with E-state index in [0.29, 0.717) is 5.56 Å². The first-order valence-corrected chi connectivity index (χ1v) is 12.6. The molecule has 0 saturated carbocycles. The van der Waals surface area contributed by atoms with Gasteiger partial charge in [0.25, 0.3) is 0 Å². The van der Waals surface area contributed by atoms with Crippen molar-refractivity contribution in [2.24, 2.45) is 0 Å². The minimum Gasteiger partial charge on any atom is -0.488 e. The molecule has 0 amide bonds. The van der Waals surface area contributed by atoms with Crippen molar-refractivity contribution >= 4 is 17.9 Å². The van der Waals surface area contributed by atoms with Crippen LogP contribution in [0.25, 0.3) is 0 Å². The molecule has 1 aliphatic heterocycles. The summed E-state index contributed by atoms with van der Waals surface area (Å²) in [4.78, 5) is 13.7. The van der Waals surface area contributed by atoms with Gasteiger partial charge < -0.3 is 4.74 Å². The van der Waals surface area contributed by atoms with Gasteiger partial charge in [-0.25, -0.2) is 0 Å². The SMILES string of the molecule is CC(c1cccc(C=O)c1)N(C)C1CC=C(Cl)C=C1C(C)(C)c1ccc2c(c1)CCC(C)(C)O2. The molecule has 2 unspecified atom stereocenters. The molecule has 0 N–H and O–H groups in total. The van der Waals surface area contributed by atoms with Crippen molar-refractivity contribution < 1.29 is 9.53 Å². The van der Waals surface area contributed by atoms with Gasteiger partial charge >= 0.3 is 0 Å². The van der Waals surface area contributed by atoms with E-state index in [1.807, 2.05) is 18.2 Å². The largest absolute Gasteiger partial charge is 0.488 e. The summed E-state index contributed by atoms with van der Waals surface area (Å²) in [5.74, 6) is 1.00. The Morgan fingerprint density at radius 1 is 1.21 bits per heavy atom. The summed E-state index contributed by atoms with van der Waals surface area (Å²) in [5.41, 5.74) is 5.39. The average Bonchev–Trinajstić information content (AvgIpc) is 2.82. The Morgan fingerprint density at radius 3 is 2.71 bits per heavy atom. The number of likely N-dealkylation sites (N-methyl/N-ethyl adjacent to an activating group) is 1. The molecule has 4 heteroatoms. The number of ether oxygens (including phenoxy) is 1. The molecule has 1 aliphatic carbocycles. The third-order valence-corrected chi connectivity index (χ3v) is 7.97. The molecule has 2 aromatic carbocycles. The Bertz CT molecular complexity index is 1140. The van der Waals surface area contributed by atoms with Gasteiger partial charge in [-0.1, -0.05) is 61.9 Å². The van der Waals surface area contributed by atoms with Gasteiger partial charge in [-0.05, 0) is 87.6 Å². The summed E-state index contributed by atoms with van der Waals surface area (Å²) >= 11 is 6.57. The van der Waals surface area contributed by atoms with E-state index in [4.69, 9.17) is 16.3 Å². The molecule has 3 nitrogen and oxygen atoms in total. The zero-order valence-electron chi connectivity index (χ0n) is 21.2. The lowest BCUT2D eigenvalue weighted by Gasteiger charge is -2.42. The van der Waals surface area contributed by atoms with Crippen LogP contribution in [0.1, 0.15) is 80.6 Å². The van der Waals surface area contributed by atoms with Crippen LogP contribution < -0.4 is 4.74 Å². The molecule has 180 valence electrons. The maximum atomic E-state index is 11.3. The highest BCUT2D eigenvalue weighted by molar-refractivity contribution is 6.31. The van der Waals surface area contributed by atoms with E-state index in [1.165, 1.54) is 16.7 Å². The maximum absolute atomic E-state index is 11.3. The number of aldehydes is 1. The number of hydrogen-bond acceptors (Lipinski definition) is 3. The Kier molecular flexibility index (Phi) is 6.81. The molecule has 0 bridgehead atoms. The molecule has 34 heavy (non-hydrogen) atoms. The van der Waals surface area contributed by atoms with Crippen LogP contribution in [0.3, 0.4) is 0 Å². The van der Waals surface area contributed by atoms with E-state index in [0.717, 1.165) is 41.9 Å².